The summed E-state index contributed by atoms with van der Waals surface area (Å²) >= 11 is 0. The van der Waals surface area contributed by atoms with Crippen molar-refractivity contribution in [3.05, 3.63) is 0 Å². The van der Waals surface area contributed by atoms with Crippen LogP contribution in [0.2, 0.25) is 0 Å². The Morgan fingerprint density at radius 2 is 1.90 bits per heavy atom. The van der Waals surface area contributed by atoms with E-state index in [4.69, 9.17) is 0 Å². The molecule has 1 saturated heterocycles. The van der Waals surface area contributed by atoms with Gasteiger partial charge in [0, 0.05) is 19.1 Å². The van der Waals surface area contributed by atoms with Crippen LogP contribution >= 0.6 is 0 Å². The molecular formula is C15H26N2O3. The van der Waals surface area contributed by atoms with E-state index in [1.54, 1.807) is 11.8 Å². The molecule has 1 heterocycles. The zero-order chi connectivity index (χ0) is 15.0. The van der Waals surface area contributed by atoms with Gasteiger partial charge in [0.15, 0.2) is 0 Å². The lowest BCUT2D eigenvalue weighted by molar-refractivity contribution is -0.147. The van der Waals surface area contributed by atoms with Gasteiger partial charge in [0.05, 0.1) is 5.41 Å². The second-order valence-electron chi connectivity index (χ2n) is 7.27. The molecule has 0 aromatic heterocycles. The van der Waals surface area contributed by atoms with E-state index in [9.17, 15) is 14.7 Å². The zero-order valence-corrected chi connectivity index (χ0v) is 12.7. The number of carboxylic acids is 1. The third-order valence-corrected chi connectivity index (χ3v) is 5.08. The van der Waals surface area contributed by atoms with Gasteiger partial charge in [0.1, 0.15) is 0 Å². The summed E-state index contributed by atoms with van der Waals surface area (Å²) < 4.78 is 0. The number of carboxylic acid groups (broad SMARTS) is 1. The number of rotatable bonds is 2. The first-order valence-electron chi connectivity index (χ1n) is 7.53. The highest BCUT2D eigenvalue weighted by Crippen LogP contribution is 2.36. The molecule has 1 saturated carbocycles. The maximum Gasteiger partial charge on any atom is 0.317 e. The number of amides is 2. The molecule has 20 heavy (non-hydrogen) atoms. The number of nitrogens with one attached hydrogen (secondary N) is 1. The van der Waals surface area contributed by atoms with Crippen molar-refractivity contribution in [2.75, 3.05) is 13.1 Å². The van der Waals surface area contributed by atoms with E-state index in [2.05, 4.69) is 19.2 Å². The molecule has 1 aliphatic heterocycles. The molecular weight excluding hydrogens is 256 g/mol. The van der Waals surface area contributed by atoms with E-state index in [-0.39, 0.29) is 17.5 Å². The van der Waals surface area contributed by atoms with Gasteiger partial charge in [-0.05, 0) is 31.6 Å². The number of hydrogen-bond acceptors (Lipinski definition) is 2. The minimum atomic E-state index is -0.814. The lowest BCUT2D eigenvalue weighted by Crippen LogP contribution is -2.51. The fraction of sp³-hybridized carbons (Fsp3) is 0.867. The average molecular weight is 282 g/mol. The molecule has 0 radical (unpaired) electrons. The second kappa shape index (κ2) is 5.26. The fourth-order valence-corrected chi connectivity index (χ4v) is 3.31. The van der Waals surface area contributed by atoms with E-state index in [1.807, 2.05) is 0 Å². The average Bonchev–Trinajstić information content (AvgIpc) is 2.76. The molecule has 114 valence electrons. The Morgan fingerprint density at radius 3 is 2.45 bits per heavy atom. The smallest absolute Gasteiger partial charge is 0.317 e. The van der Waals surface area contributed by atoms with Crippen LogP contribution in [0.4, 0.5) is 4.79 Å². The molecule has 0 aromatic rings. The summed E-state index contributed by atoms with van der Waals surface area (Å²) in [7, 11) is 0. The Hall–Kier alpha value is -1.26. The van der Waals surface area contributed by atoms with E-state index < -0.39 is 11.4 Å². The van der Waals surface area contributed by atoms with Gasteiger partial charge in [0.25, 0.3) is 0 Å². The largest absolute Gasteiger partial charge is 0.481 e. The van der Waals surface area contributed by atoms with Crippen molar-refractivity contribution in [1.82, 2.24) is 10.2 Å². The Morgan fingerprint density at radius 1 is 1.20 bits per heavy atom. The lowest BCUT2D eigenvalue weighted by Gasteiger charge is -2.39. The maximum absolute atomic E-state index is 12.3. The summed E-state index contributed by atoms with van der Waals surface area (Å²) in [6.45, 7) is 6.95. The highest BCUT2D eigenvalue weighted by molar-refractivity contribution is 5.79. The fourth-order valence-electron chi connectivity index (χ4n) is 3.31. The van der Waals surface area contributed by atoms with Crippen LogP contribution in [0.1, 0.15) is 52.9 Å². The van der Waals surface area contributed by atoms with Gasteiger partial charge in [-0.2, -0.15) is 0 Å². The summed E-state index contributed by atoms with van der Waals surface area (Å²) in [5.41, 5.74) is -0.664. The Labute approximate surface area is 120 Å². The van der Waals surface area contributed by atoms with Crippen molar-refractivity contribution < 1.29 is 14.7 Å². The Kier molecular flexibility index (Phi) is 3.98. The monoisotopic (exact) mass is 282 g/mol. The molecule has 2 atom stereocenters. The topological polar surface area (TPSA) is 69.6 Å². The quantitative estimate of drug-likeness (QED) is 0.817. The molecule has 2 aliphatic rings. The van der Waals surface area contributed by atoms with Crippen LogP contribution in [0.5, 0.6) is 0 Å². The van der Waals surface area contributed by atoms with Gasteiger partial charge in [-0.25, -0.2) is 4.79 Å². The second-order valence-corrected chi connectivity index (χ2v) is 7.27. The predicted octanol–water partition coefficient (Wildman–Crippen LogP) is 2.46. The van der Waals surface area contributed by atoms with Gasteiger partial charge in [-0.1, -0.05) is 26.7 Å². The Balaban J connectivity index is 1.94. The molecule has 2 fully saturated rings. The molecule has 5 nitrogen and oxygen atoms in total. The number of nitrogens with zero attached hydrogens (tertiary/aromatic N) is 1. The SMILES string of the molecule is CC1(C(=O)O)CCN(C(=O)NC2CCCCC2(C)C)C1. The minimum absolute atomic E-state index is 0.102. The molecule has 0 spiro atoms. The molecule has 2 rings (SSSR count). The maximum atomic E-state index is 12.3. The van der Waals surface area contributed by atoms with E-state index in [0.29, 0.717) is 19.5 Å². The first-order valence-corrected chi connectivity index (χ1v) is 7.53. The summed E-state index contributed by atoms with van der Waals surface area (Å²) in [5.74, 6) is -0.814. The zero-order valence-electron chi connectivity index (χ0n) is 12.7. The number of hydrogen-bond donors (Lipinski definition) is 2. The van der Waals surface area contributed by atoms with Crippen LogP contribution in [0, 0.1) is 10.8 Å². The van der Waals surface area contributed by atoms with Crippen LogP contribution in [0.25, 0.3) is 0 Å². The standard InChI is InChI=1S/C15H26N2O3/c1-14(2)7-5-4-6-11(14)16-13(20)17-9-8-15(3,10-17)12(18)19/h11H,4-10H2,1-3H3,(H,16,20)(H,18,19). The number of carbonyl (C=O) groups excluding carboxylic acids is 1. The highest BCUT2D eigenvalue weighted by Gasteiger charge is 2.43. The van der Waals surface area contributed by atoms with Crippen LogP contribution in [-0.2, 0) is 4.79 Å². The van der Waals surface area contributed by atoms with Crippen molar-refractivity contribution in [2.45, 2.75) is 58.9 Å². The van der Waals surface area contributed by atoms with Gasteiger partial charge < -0.3 is 15.3 Å². The number of likely N-dealkylation sites (tertiary alicyclic amines) is 1. The van der Waals surface area contributed by atoms with Gasteiger partial charge in [-0.15, -0.1) is 0 Å². The first kappa shape index (κ1) is 15.1. The normalized spacial score (nSPS) is 33.0. The molecule has 2 unspecified atom stereocenters. The van der Waals surface area contributed by atoms with E-state index >= 15 is 0 Å². The lowest BCUT2D eigenvalue weighted by atomic mass is 9.73. The van der Waals surface area contributed by atoms with Crippen molar-refractivity contribution in [2.24, 2.45) is 10.8 Å². The van der Waals surface area contributed by atoms with Gasteiger partial charge >= 0.3 is 12.0 Å². The molecule has 1 aliphatic carbocycles. The van der Waals surface area contributed by atoms with Crippen LogP contribution in [0.15, 0.2) is 0 Å². The molecule has 2 amide bonds. The molecule has 5 heteroatoms. The van der Waals surface area contributed by atoms with Crippen LogP contribution < -0.4 is 5.32 Å². The summed E-state index contributed by atoms with van der Waals surface area (Å²) in [6.07, 6.45) is 5.05. The summed E-state index contributed by atoms with van der Waals surface area (Å²) in [6, 6.07) is 0.0929. The molecule has 2 N–H and O–H groups in total. The minimum Gasteiger partial charge on any atom is -0.481 e. The first-order chi connectivity index (χ1) is 9.24. The Bertz CT molecular complexity index is 408. The highest BCUT2D eigenvalue weighted by atomic mass is 16.4. The van der Waals surface area contributed by atoms with Gasteiger partial charge in [-0.3, -0.25) is 4.79 Å². The summed E-state index contributed by atoms with van der Waals surface area (Å²) in [5, 5.41) is 12.3. The van der Waals surface area contributed by atoms with Crippen LogP contribution in [-0.4, -0.2) is 41.1 Å². The predicted molar refractivity (Wildman–Crippen MR) is 76.5 cm³/mol. The third-order valence-electron chi connectivity index (χ3n) is 5.08. The molecule has 0 aromatic carbocycles. The number of aliphatic carboxylic acids is 1. The van der Waals surface area contributed by atoms with Gasteiger partial charge in [0.2, 0.25) is 0 Å². The van der Waals surface area contributed by atoms with E-state index in [1.165, 1.54) is 6.42 Å². The number of carbonyl (C=O) groups is 2. The number of urea groups is 1. The third kappa shape index (κ3) is 2.91. The van der Waals surface area contributed by atoms with Crippen LogP contribution in [0.3, 0.4) is 0 Å². The van der Waals surface area contributed by atoms with Crippen molar-refractivity contribution >= 4 is 12.0 Å². The molecule has 0 bridgehead atoms. The van der Waals surface area contributed by atoms with E-state index in [0.717, 1.165) is 19.3 Å². The van der Waals surface area contributed by atoms with Crippen molar-refractivity contribution in [3.63, 3.8) is 0 Å². The van der Waals surface area contributed by atoms with Crippen molar-refractivity contribution in [1.29, 1.82) is 0 Å². The van der Waals surface area contributed by atoms with Crippen molar-refractivity contribution in [3.8, 4) is 0 Å². The summed E-state index contributed by atoms with van der Waals surface area (Å²) in [4.78, 5) is 25.2.